The zero-order valence-electron chi connectivity index (χ0n) is 13.2. The van der Waals surface area contributed by atoms with Gasteiger partial charge in [-0.25, -0.2) is 17.9 Å². The third-order valence-corrected chi connectivity index (χ3v) is 5.11. The predicted molar refractivity (Wildman–Crippen MR) is 89.4 cm³/mol. The molecule has 6 nitrogen and oxygen atoms in total. The van der Waals surface area contributed by atoms with E-state index in [4.69, 9.17) is 4.74 Å². The molecule has 1 aliphatic heterocycles. The van der Waals surface area contributed by atoms with Gasteiger partial charge in [-0.05, 0) is 36.2 Å². The fourth-order valence-corrected chi connectivity index (χ4v) is 3.40. The minimum absolute atomic E-state index is 0.0536. The van der Waals surface area contributed by atoms with E-state index in [2.05, 4.69) is 5.32 Å². The summed E-state index contributed by atoms with van der Waals surface area (Å²) in [4.78, 5) is 11.9. The Morgan fingerprint density at radius 2 is 1.92 bits per heavy atom. The summed E-state index contributed by atoms with van der Waals surface area (Å²) < 4.78 is 31.7. The van der Waals surface area contributed by atoms with Crippen molar-refractivity contribution in [1.29, 1.82) is 0 Å². The van der Waals surface area contributed by atoms with Crippen LogP contribution in [0.5, 0.6) is 5.75 Å². The summed E-state index contributed by atoms with van der Waals surface area (Å²) in [6.07, 6.45) is 0.844. The molecular formula is C17H18N2O4S. The highest BCUT2D eigenvalue weighted by atomic mass is 32.2. The van der Waals surface area contributed by atoms with Crippen molar-refractivity contribution in [3.8, 4) is 5.75 Å². The Morgan fingerprint density at radius 3 is 2.67 bits per heavy atom. The van der Waals surface area contributed by atoms with Crippen molar-refractivity contribution in [2.45, 2.75) is 24.8 Å². The molecule has 0 bridgehead atoms. The second kappa shape index (κ2) is 6.52. The molecule has 2 aromatic carbocycles. The Labute approximate surface area is 140 Å². The van der Waals surface area contributed by atoms with Crippen molar-refractivity contribution < 1.29 is 17.9 Å². The first-order chi connectivity index (χ1) is 11.4. The van der Waals surface area contributed by atoms with Crippen molar-refractivity contribution in [2.24, 2.45) is 0 Å². The van der Waals surface area contributed by atoms with Gasteiger partial charge < -0.3 is 10.1 Å². The fraction of sp³-hybridized carbons (Fsp3) is 0.235. The molecule has 2 N–H and O–H groups in total. The number of urea groups is 1. The predicted octanol–water partition coefficient (Wildman–Crippen LogP) is 2.12. The van der Waals surface area contributed by atoms with Crippen LogP contribution in [-0.2, 0) is 23.0 Å². The zero-order valence-corrected chi connectivity index (χ0v) is 14.0. The topological polar surface area (TPSA) is 84.5 Å². The molecule has 1 heterocycles. The van der Waals surface area contributed by atoms with E-state index in [1.54, 1.807) is 12.1 Å². The number of carbonyl (C=O) groups is 1. The lowest BCUT2D eigenvalue weighted by molar-refractivity contribution is 0.245. The summed E-state index contributed by atoms with van der Waals surface area (Å²) >= 11 is 0. The van der Waals surface area contributed by atoms with Gasteiger partial charge in [0.05, 0.1) is 11.5 Å². The number of hydrogen-bond donors (Lipinski definition) is 2. The Kier molecular flexibility index (Phi) is 4.44. The summed E-state index contributed by atoms with van der Waals surface area (Å²) in [7, 11) is -3.87. The molecule has 0 saturated carbocycles. The number of ether oxygens (including phenoxy) is 1. The number of fused-ring (bicyclic) bond motifs is 1. The number of benzene rings is 2. The highest BCUT2D eigenvalue weighted by Crippen LogP contribution is 2.25. The van der Waals surface area contributed by atoms with Crippen molar-refractivity contribution in [3.05, 3.63) is 59.2 Å². The largest absolute Gasteiger partial charge is 0.493 e. The molecule has 0 fully saturated rings. The average molecular weight is 346 g/mol. The van der Waals surface area contributed by atoms with Crippen LogP contribution in [-0.4, -0.2) is 21.1 Å². The third kappa shape index (κ3) is 3.68. The highest BCUT2D eigenvalue weighted by molar-refractivity contribution is 7.90. The summed E-state index contributed by atoms with van der Waals surface area (Å²) in [5.74, 6) is 0.866. The van der Waals surface area contributed by atoms with E-state index in [9.17, 15) is 13.2 Å². The Bertz CT molecular complexity index is 861. The minimum atomic E-state index is -3.87. The first-order valence-corrected chi connectivity index (χ1v) is 9.04. The standard InChI is InChI=1S/C17H18N2O4S/c1-12-2-5-15(6-3-12)24(21,22)19-17(20)18-11-13-4-7-16-14(10-13)8-9-23-16/h2-7,10H,8-9,11H2,1H3,(H2,18,19,20). The smallest absolute Gasteiger partial charge is 0.328 e. The van der Waals surface area contributed by atoms with Crippen LogP contribution in [0.4, 0.5) is 4.79 Å². The number of hydrogen-bond acceptors (Lipinski definition) is 4. The van der Waals surface area contributed by atoms with Gasteiger partial charge >= 0.3 is 6.03 Å². The quantitative estimate of drug-likeness (QED) is 0.888. The number of carbonyl (C=O) groups excluding carboxylic acids is 1. The van der Waals surface area contributed by atoms with Crippen molar-refractivity contribution in [1.82, 2.24) is 10.0 Å². The molecule has 0 saturated heterocycles. The van der Waals surface area contributed by atoms with Crippen LogP contribution in [0.15, 0.2) is 47.4 Å². The number of rotatable bonds is 4. The van der Waals surface area contributed by atoms with Gasteiger partial charge in [-0.3, -0.25) is 0 Å². The van der Waals surface area contributed by atoms with Crippen LogP contribution in [0.3, 0.4) is 0 Å². The maximum atomic E-state index is 12.1. The van der Waals surface area contributed by atoms with E-state index in [1.807, 2.05) is 29.8 Å². The normalized spacial score (nSPS) is 13.0. The average Bonchev–Trinajstić information content (AvgIpc) is 3.00. The van der Waals surface area contributed by atoms with E-state index >= 15 is 0 Å². The Hall–Kier alpha value is -2.54. The molecule has 0 spiro atoms. The van der Waals surface area contributed by atoms with Crippen molar-refractivity contribution in [2.75, 3.05) is 6.61 Å². The maximum absolute atomic E-state index is 12.1. The van der Waals surface area contributed by atoms with Crippen LogP contribution < -0.4 is 14.8 Å². The van der Waals surface area contributed by atoms with Gasteiger partial charge in [0, 0.05) is 13.0 Å². The SMILES string of the molecule is Cc1ccc(S(=O)(=O)NC(=O)NCc2ccc3c(c2)CCO3)cc1. The van der Waals surface area contributed by atoms with Gasteiger partial charge in [-0.15, -0.1) is 0 Å². The zero-order chi connectivity index (χ0) is 17.2. The Balaban J connectivity index is 1.60. The summed E-state index contributed by atoms with van der Waals surface area (Å²) in [6, 6.07) is 11.2. The lowest BCUT2D eigenvalue weighted by Crippen LogP contribution is -2.39. The van der Waals surface area contributed by atoms with E-state index in [0.29, 0.717) is 6.61 Å². The lowest BCUT2D eigenvalue weighted by Gasteiger charge is -2.09. The highest BCUT2D eigenvalue weighted by Gasteiger charge is 2.17. The van der Waals surface area contributed by atoms with Gasteiger partial charge in [0.1, 0.15) is 5.75 Å². The van der Waals surface area contributed by atoms with E-state index in [0.717, 1.165) is 28.9 Å². The lowest BCUT2D eigenvalue weighted by atomic mass is 10.1. The Morgan fingerprint density at radius 1 is 1.17 bits per heavy atom. The minimum Gasteiger partial charge on any atom is -0.493 e. The summed E-state index contributed by atoms with van der Waals surface area (Å²) in [5.41, 5.74) is 2.93. The number of sulfonamides is 1. The van der Waals surface area contributed by atoms with E-state index in [1.165, 1.54) is 12.1 Å². The monoisotopic (exact) mass is 346 g/mol. The number of aryl methyl sites for hydroxylation is 1. The van der Waals surface area contributed by atoms with Gasteiger partial charge in [0.2, 0.25) is 0 Å². The van der Waals surface area contributed by atoms with Crippen molar-refractivity contribution in [3.63, 3.8) is 0 Å². The molecule has 1 aliphatic rings. The van der Waals surface area contributed by atoms with Crippen LogP contribution in [0.2, 0.25) is 0 Å². The van der Waals surface area contributed by atoms with E-state index < -0.39 is 16.1 Å². The first-order valence-electron chi connectivity index (χ1n) is 7.56. The molecule has 0 radical (unpaired) electrons. The molecule has 2 aromatic rings. The summed E-state index contributed by atoms with van der Waals surface area (Å²) in [5, 5.41) is 2.56. The molecule has 0 unspecified atom stereocenters. The van der Waals surface area contributed by atoms with Crippen LogP contribution in [0, 0.1) is 6.92 Å². The number of amides is 2. The molecule has 7 heteroatoms. The first kappa shape index (κ1) is 16.3. The fourth-order valence-electron chi connectivity index (χ4n) is 2.47. The van der Waals surface area contributed by atoms with Crippen LogP contribution in [0.1, 0.15) is 16.7 Å². The molecule has 24 heavy (non-hydrogen) atoms. The molecule has 0 aromatic heterocycles. The van der Waals surface area contributed by atoms with Crippen LogP contribution >= 0.6 is 0 Å². The second-order valence-electron chi connectivity index (χ2n) is 5.64. The third-order valence-electron chi connectivity index (χ3n) is 3.77. The molecule has 2 amide bonds. The molecule has 0 aliphatic carbocycles. The van der Waals surface area contributed by atoms with Gasteiger partial charge in [-0.1, -0.05) is 29.8 Å². The molecule has 3 rings (SSSR count). The van der Waals surface area contributed by atoms with Gasteiger partial charge in [0.15, 0.2) is 0 Å². The van der Waals surface area contributed by atoms with Crippen LogP contribution in [0.25, 0.3) is 0 Å². The van der Waals surface area contributed by atoms with Crippen molar-refractivity contribution >= 4 is 16.1 Å². The molecule has 0 atom stereocenters. The van der Waals surface area contributed by atoms with Gasteiger partial charge in [-0.2, -0.15) is 0 Å². The van der Waals surface area contributed by atoms with E-state index in [-0.39, 0.29) is 11.4 Å². The summed E-state index contributed by atoms with van der Waals surface area (Å²) in [6.45, 7) is 2.77. The number of nitrogens with one attached hydrogen (secondary N) is 2. The molecule has 126 valence electrons. The second-order valence-corrected chi connectivity index (χ2v) is 7.32. The molecular weight excluding hydrogens is 328 g/mol. The van der Waals surface area contributed by atoms with Gasteiger partial charge in [0.25, 0.3) is 10.0 Å². The maximum Gasteiger partial charge on any atom is 0.328 e.